The second-order valence-corrected chi connectivity index (χ2v) is 10.2. The zero-order valence-corrected chi connectivity index (χ0v) is 20.5. The Morgan fingerprint density at radius 1 is 1.33 bits per heavy atom. The number of imidazole rings is 1. The number of aryl methyl sites for hydroxylation is 1. The Hall–Kier alpha value is -3.90. The minimum Gasteiger partial charge on any atom is -0.543 e. The van der Waals surface area contributed by atoms with Gasteiger partial charge in [0.1, 0.15) is 16.9 Å². The molecule has 36 heavy (non-hydrogen) atoms. The second kappa shape index (κ2) is 8.35. The fourth-order valence-electron chi connectivity index (χ4n) is 5.19. The van der Waals surface area contributed by atoms with Gasteiger partial charge in [0.15, 0.2) is 11.9 Å². The lowest BCUT2D eigenvalue weighted by molar-refractivity contribution is -0.690. The molecule has 0 bridgehead atoms. The average molecular weight is 510 g/mol. The summed E-state index contributed by atoms with van der Waals surface area (Å²) in [6.07, 6.45) is 3.77. The highest BCUT2D eigenvalue weighted by Gasteiger charge is 2.58. The van der Waals surface area contributed by atoms with E-state index in [1.165, 1.54) is 29.5 Å². The van der Waals surface area contributed by atoms with Crippen LogP contribution in [-0.2, 0) is 20.9 Å². The topological polar surface area (TPSA) is 162 Å². The van der Waals surface area contributed by atoms with Gasteiger partial charge in [0.2, 0.25) is 18.2 Å². The molecule has 0 radical (unpaired) electrons. The van der Waals surface area contributed by atoms with E-state index in [4.69, 9.17) is 5.73 Å². The summed E-state index contributed by atoms with van der Waals surface area (Å²) in [5.41, 5.74) is 6.77. The molecular weight excluding hydrogens is 486 g/mol. The van der Waals surface area contributed by atoms with Gasteiger partial charge in [0.25, 0.3) is 5.91 Å². The molecule has 4 atom stereocenters. The first kappa shape index (κ1) is 23.8. The zero-order chi connectivity index (χ0) is 26.0. The number of ketones is 1. The van der Waals surface area contributed by atoms with Gasteiger partial charge in [0, 0.05) is 30.7 Å². The van der Waals surface area contributed by atoms with Gasteiger partial charge in [-0.1, -0.05) is 6.92 Å². The maximum atomic E-state index is 13.3. The lowest BCUT2D eigenvalue weighted by atomic mass is 9.77. The number of carbonyl (C=O) groups excluding carboxylic acids is 4. The summed E-state index contributed by atoms with van der Waals surface area (Å²) < 4.78 is 3.22. The molecule has 5 heterocycles. The fraction of sp³-hybridized carbons (Fsp3) is 0.333. The van der Waals surface area contributed by atoms with Crippen LogP contribution in [0.4, 0.5) is 0 Å². The summed E-state index contributed by atoms with van der Waals surface area (Å²) in [5, 5.41) is 22.1. The maximum absolute atomic E-state index is 13.3. The van der Waals surface area contributed by atoms with E-state index in [2.05, 4.69) is 4.98 Å². The molecule has 3 aromatic rings. The van der Waals surface area contributed by atoms with E-state index in [0.717, 1.165) is 5.69 Å². The molecule has 0 aliphatic carbocycles. The highest BCUT2D eigenvalue weighted by molar-refractivity contribution is 7.18. The first-order chi connectivity index (χ1) is 17.0. The number of β-lactam (4-membered cyclic amide) rings is 1. The Bertz CT molecular complexity index is 1500. The van der Waals surface area contributed by atoms with Crippen LogP contribution < -0.4 is 15.4 Å². The normalized spacial score (nSPS) is 22.1. The lowest BCUT2D eigenvalue weighted by Gasteiger charge is -2.47. The Morgan fingerprint density at radius 2 is 2.06 bits per heavy atom. The number of primary amides is 1. The number of carboxylic acid groups (broad SMARTS) is 1. The van der Waals surface area contributed by atoms with E-state index in [9.17, 15) is 29.4 Å². The molecule has 2 aliphatic rings. The number of hydrogen-bond acceptors (Lipinski definition) is 8. The van der Waals surface area contributed by atoms with Crippen molar-refractivity contribution in [1.29, 1.82) is 0 Å². The van der Waals surface area contributed by atoms with Crippen LogP contribution in [0.5, 0.6) is 0 Å². The van der Waals surface area contributed by atoms with Gasteiger partial charge >= 0.3 is 0 Å². The van der Waals surface area contributed by atoms with Crippen LogP contribution in [0.3, 0.4) is 0 Å². The van der Waals surface area contributed by atoms with Gasteiger partial charge in [-0.05, 0) is 13.0 Å². The number of aliphatic hydroxyl groups excluding tert-OH is 1. The second-order valence-electron chi connectivity index (χ2n) is 9.19. The summed E-state index contributed by atoms with van der Waals surface area (Å²) in [7, 11) is 0. The Morgan fingerprint density at radius 3 is 2.69 bits per heavy atom. The van der Waals surface area contributed by atoms with Crippen LogP contribution in [0, 0.1) is 18.8 Å². The largest absolute Gasteiger partial charge is 0.543 e. The summed E-state index contributed by atoms with van der Waals surface area (Å²) in [4.78, 5) is 55.9. The zero-order valence-electron chi connectivity index (χ0n) is 19.7. The molecule has 3 aromatic heterocycles. The smallest absolute Gasteiger partial charge is 0.283 e. The van der Waals surface area contributed by atoms with Crippen molar-refractivity contribution in [3.05, 3.63) is 58.4 Å². The van der Waals surface area contributed by atoms with E-state index in [1.54, 1.807) is 40.4 Å². The van der Waals surface area contributed by atoms with Crippen molar-refractivity contribution in [2.24, 2.45) is 17.6 Å². The van der Waals surface area contributed by atoms with Crippen LogP contribution in [0.1, 0.15) is 40.5 Å². The molecule has 0 spiro atoms. The van der Waals surface area contributed by atoms with Gasteiger partial charge in [0.05, 0.1) is 40.2 Å². The van der Waals surface area contributed by atoms with Gasteiger partial charge in [-0.3, -0.25) is 18.8 Å². The molecule has 0 unspecified atom stereocenters. The molecule has 5 rings (SSSR count). The molecule has 2 aliphatic heterocycles. The molecule has 186 valence electrons. The average Bonchev–Trinajstić information content (AvgIpc) is 3.44. The molecule has 12 heteroatoms. The standard InChI is InChI=1S/C24H23N5O6S/c1-10-4-5-13(6-27(10)8-15(25)31)21(32)18-23-28(9-26-18)7-14(36-23)16-11(2)19-17(12(3)30)22(33)29(19)20(16)24(34)35/h4-7,9,11-12,17,19,30H,8H2,1-3H3,(H2-,25,31,34,35)/t11-,12+,17+,19+/m0/s1. The third-order valence-corrected chi connectivity index (χ3v) is 8.04. The minimum absolute atomic E-state index is 0.0728. The number of aromatic nitrogens is 3. The van der Waals surface area contributed by atoms with Crippen molar-refractivity contribution >= 4 is 45.3 Å². The van der Waals surface area contributed by atoms with E-state index in [-0.39, 0.29) is 29.6 Å². The van der Waals surface area contributed by atoms with E-state index in [1.807, 2.05) is 6.92 Å². The first-order valence-electron chi connectivity index (χ1n) is 11.3. The predicted octanol–water partition coefficient (Wildman–Crippen LogP) is -0.973. The van der Waals surface area contributed by atoms with Gasteiger partial charge < -0.3 is 25.6 Å². The number of rotatable bonds is 7. The van der Waals surface area contributed by atoms with E-state index < -0.39 is 35.8 Å². The predicted molar refractivity (Wildman–Crippen MR) is 124 cm³/mol. The van der Waals surface area contributed by atoms with Crippen LogP contribution in [0.15, 0.2) is 36.6 Å². The monoisotopic (exact) mass is 509 g/mol. The van der Waals surface area contributed by atoms with Crippen molar-refractivity contribution in [3.63, 3.8) is 0 Å². The Balaban J connectivity index is 1.55. The number of pyridine rings is 1. The lowest BCUT2D eigenvalue weighted by Crippen LogP contribution is -2.64. The molecule has 3 N–H and O–H groups in total. The first-order valence-corrected chi connectivity index (χ1v) is 12.1. The van der Waals surface area contributed by atoms with Crippen LogP contribution in [-0.4, -0.2) is 55.1 Å². The van der Waals surface area contributed by atoms with E-state index in [0.29, 0.717) is 20.8 Å². The SMILES string of the molecule is Cc1ccc(C(=O)c2ncn3cc(C4=C(C(=O)[O-])N5C(=O)[C@H]([C@@H](C)O)[C@H]5[C@H]4C)sc23)c[n+]1CC(N)=O. The molecular formula is C24H23N5O6S. The van der Waals surface area contributed by atoms with Gasteiger partial charge in [-0.2, -0.15) is 4.57 Å². The van der Waals surface area contributed by atoms with Crippen molar-refractivity contribution in [2.75, 3.05) is 0 Å². The number of amides is 2. The molecule has 11 nitrogen and oxygen atoms in total. The highest BCUT2D eigenvalue weighted by atomic mass is 32.1. The fourth-order valence-corrected chi connectivity index (χ4v) is 6.41. The van der Waals surface area contributed by atoms with Crippen LogP contribution >= 0.6 is 11.3 Å². The molecule has 1 saturated heterocycles. The van der Waals surface area contributed by atoms with Crippen molar-refractivity contribution in [2.45, 2.75) is 39.5 Å². The van der Waals surface area contributed by atoms with Crippen molar-refractivity contribution < 1.29 is 34.0 Å². The number of nitrogens with zero attached hydrogens (tertiary/aromatic N) is 4. The molecule has 1 fully saturated rings. The number of nitrogens with two attached hydrogens (primary N) is 1. The molecule has 0 aromatic carbocycles. The number of aliphatic carboxylic acids is 1. The third-order valence-electron chi connectivity index (χ3n) is 6.90. The summed E-state index contributed by atoms with van der Waals surface area (Å²) >= 11 is 1.19. The number of aliphatic hydroxyl groups is 1. The van der Waals surface area contributed by atoms with Gasteiger partial charge in [-0.25, -0.2) is 4.98 Å². The van der Waals surface area contributed by atoms with Crippen LogP contribution in [0.2, 0.25) is 0 Å². The van der Waals surface area contributed by atoms with Crippen LogP contribution in [0.25, 0.3) is 10.4 Å². The summed E-state index contributed by atoms with van der Waals surface area (Å²) in [6.45, 7) is 5.05. The highest BCUT2D eigenvalue weighted by Crippen LogP contribution is 2.51. The number of carboxylic acids is 1. The number of fused-ring (bicyclic) bond motifs is 2. The molecule has 0 saturated carbocycles. The quantitative estimate of drug-likeness (QED) is 0.235. The number of hydrogen-bond donors (Lipinski definition) is 2. The number of carbonyl (C=O) groups is 4. The Kier molecular flexibility index (Phi) is 5.52. The van der Waals surface area contributed by atoms with Crippen molar-refractivity contribution in [3.8, 4) is 0 Å². The van der Waals surface area contributed by atoms with Gasteiger partial charge in [-0.15, -0.1) is 11.3 Å². The third kappa shape index (κ3) is 3.44. The summed E-state index contributed by atoms with van der Waals surface area (Å²) in [5.74, 6) is -3.88. The summed E-state index contributed by atoms with van der Waals surface area (Å²) in [6, 6.07) is 2.87. The minimum atomic E-state index is -1.47. The maximum Gasteiger partial charge on any atom is 0.283 e. The Labute approximate surface area is 209 Å². The molecule has 2 amide bonds. The van der Waals surface area contributed by atoms with E-state index >= 15 is 0 Å². The number of thiazole rings is 1. The van der Waals surface area contributed by atoms with Crippen molar-refractivity contribution in [1.82, 2.24) is 14.3 Å².